The zero-order valence-corrected chi connectivity index (χ0v) is 16.7. The highest BCUT2D eigenvalue weighted by atomic mass is 35.5. The van der Waals surface area contributed by atoms with Crippen molar-refractivity contribution in [3.05, 3.63) is 57.9 Å². The molecule has 1 amide bonds. The van der Waals surface area contributed by atoms with Gasteiger partial charge in [0.2, 0.25) is 0 Å². The van der Waals surface area contributed by atoms with Crippen LogP contribution in [0.3, 0.4) is 0 Å². The summed E-state index contributed by atoms with van der Waals surface area (Å²) in [7, 11) is 0. The van der Waals surface area contributed by atoms with Crippen LogP contribution in [0.15, 0.2) is 30.3 Å². The third-order valence-corrected chi connectivity index (χ3v) is 6.39. The van der Waals surface area contributed by atoms with Crippen molar-refractivity contribution in [1.82, 2.24) is 9.88 Å². The number of carbonyl (C=O) groups excluding carboxylic acids is 1. The predicted octanol–water partition coefficient (Wildman–Crippen LogP) is 4.67. The van der Waals surface area contributed by atoms with Crippen molar-refractivity contribution >= 4 is 44.2 Å². The van der Waals surface area contributed by atoms with Gasteiger partial charge in [0, 0.05) is 26.2 Å². The first kappa shape index (κ1) is 18.2. The Morgan fingerprint density at radius 2 is 1.89 bits per heavy atom. The van der Waals surface area contributed by atoms with Gasteiger partial charge in [0.1, 0.15) is 5.82 Å². The Bertz CT molecular complexity index is 1030. The fourth-order valence-electron chi connectivity index (χ4n) is 3.43. The first-order valence-corrected chi connectivity index (χ1v) is 9.99. The Morgan fingerprint density at radius 1 is 1.15 bits per heavy atom. The molecule has 4 rings (SSSR count). The number of nitrogens with zero attached hydrogens (tertiary/aromatic N) is 3. The molecule has 0 unspecified atom stereocenters. The van der Waals surface area contributed by atoms with Gasteiger partial charge in [-0.1, -0.05) is 29.0 Å². The molecule has 0 aliphatic carbocycles. The first-order valence-electron chi connectivity index (χ1n) is 8.79. The summed E-state index contributed by atoms with van der Waals surface area (Å²) in [6.45, 7) is 6.78. The number of aryl methyl sites for hydroxylation is 2. The fourth-order valence-corrected chi connectivity index (χ4v) is 4.75. The molecule has 140 valence electrons. The lowest BCUT2D eigenvalue weighted by atomic mass is 10.1. The van der Waals surface area contributed by atoms with Crippen molar-refractivity contribution in [2.24, 2.45) is 0 Å². The van der Waals surface area contributed by atoms with E-state index in [-0.39, 0.29) is 10.9 Å². The van der Waals surface area contributed by atoms with Gasteiger partial charge < -0.3 is 9.80 Å². The van der Waals surface area contributed by atoms with Crippen molar-refractivity contribution in [3.8, 4) is 0 Å². The molecule has 3 aromatic rings. The second-order valence-electron chi connectivity index (χ2n) is 6.83. The van der Waals surface area contributed by atoms with Crippen LogP contribution in [0.25, 0.3) is 10.2 Å². The number of aromatic nitrogens is 1. The third-order valence-electron chi connectivity index (χ3n) is 4.81. The molecule has 1 aromatic heterocycles. The maximum absolute atomic E-state index is 13.2. The molecule has 0 atom stereocenters. The summed E-state index contributed by atoms with van der Waals surface area (Å²) in [5.74, 6) is -0.599. The molecule has 0 saturated carbocycles. The molecule has 7 heteroatoms. The Morgan fingerprint density at radius 3 is 2.59 bits per heavy atom. The SMILES string of the molecule is Cc1cc(C)c2sc(N3CCN(C(=O)c4ccc(F)cc4Cl)CC3)nc2c1. The Kier molecular flexibility index (Phi) is 4.78. The molecule has 27 heavy (non-hydrogen) atoms. The van der Waals surface area contributed by atoms with Crippen LogP contribution < -0.4 is 4.90 Å². The second kappa shape index (κ2) is 7.09. The molecule has 0 N–H and O–H groups in total. The number of amides is 1. The second-order valence-corrected chi connectivity index (χ2v) is 8.21. The third kappa shape index (κ3) is 3.51. The van der Waals surface area contributed by atoms with Crippen molar-refractivity contribution in [2.45, 2.75) is 13.8 Å². The molecule has 2 heterocycles. The normalized spacial score (nSPS) is 14.8. The number of benzene rings is 2. The lowest BCUT2D eigenvalue weighted by Crippen LogP contribution is -2.48. The van der Waals surface area contributed by atoms with Crippen LogP contribution >= 0.6 is 22.9 Å². The standard InChI is InChI=1S/C20H19ClFN3OS/c1-12-9-13(2)18-17(10-12)23-20(27-18)25-7-5-24(6-8-25)19(26)15-4-3-14(22)11-16(15)21/h3-4,9-11H,5-8H2,1-2H3. The zero-order chi connectivity index (χ0) is 19.1. The van der Waals surface area contributed by atoms with Gasteiger partial charge in [0.25, 0.3) is 5.91 Å². The molecular weight excluding hydrogens is 385 g/mol. The maximum Gasteiger partial charge on any atom is 0.255 e. The van der Waals surface area contributed by atoms with Gasteiger partial charge in [-0.15, -0.1) is 0 Å². The summed E-state index contributed by atoms with van der Waals surface area (Å²) in [5.41, 5.74) is 3.83. The maximum atomic E-state index is 13.2. The van der Waals surface area contributed by atoms with Gasteiger partial charge in [-0.3, -0.25) is 4.79 Å². The number of piperazine rings is 1. The topological polar surface area (TPSA) is 36.4 Å². The summed E-state index contributed by atoms with van der Waals surface area (Å²) in [5, 5.41) is 1.14. The fraction of sp³-hybridized carbons (Fsp3) is 0.300. The van der Waals surface area contributed by atoms with E-state index in [1.807, 2.05) is 0 Å². The molecule has 0 bridgehead atoms. The number of rotatable bonds is 2. The van der Waals surface area contributed by atoms with Crippen LogP contribution in [0.1, 0.15) is 21.5 Å². The number of halogens is 2. The molecule has 0 spiro atoms. The number of anilines is 1. The van der Waals surface area contributed by atoms with Gasteiger partial charge in [-0.25, -0.2) is 9.37 Å². The quantitative estimate of drug-likeness (QED) is 0.624. The molecule has 1 saturated heterocycles. The monoisotopic (exact) mass is 403 g/mol. The van der Waals surface area contributed by atoms with Gasteiger partial charge >= 0.3 is 0 Å². The van der Waals surface area contributed by atoms with Gasteiger partial charge in [-0.2, -0.15) is 0 Å². The van der Waals surface area contributed by atoms with Crippen molar-refractivity contribution in [2.75, 3.05) is 31.1 Å². The van der Waals surface area contributed by atoms with Gasteiger partial charge in [0.15, 0.2) is 5.13 Å². The minimum Gasteiger partial charge on any atom is -0.345 e. The highest BCUT2D eigenvalue weighted by Gasteiger charge is 2.25. The van der Waals surface area contributed by atoms with E-state index in [9.17, 15) is 9.18 Å². The minimum absolute atomic E-state index is 0.152. The smallest absolute Gasteiger partial charge is 0.255 e. The van der Waals surface area contributed by atoms with E-state index in [0.29, 0.717) is 31.7 Å². The summed E-state index contributed by atoms with van der Waals surface area (Å²) in [4.78, 5) is 21.5. The predicted molar refractivity (Wildman–Crippen MR) is 109 cm³/mol. The average Bonchev–Trinajstić information content (AvgIpc) is 3.06. The Balaban J connectivity index is 1.49. The Labute approximate surface area is 166 Å². The van der Waals surface area contributed by atoms with Crippen LogP contribution in [0, 0.1) is 19.7 Å². The summed E-state index contributed by atoms with van der Waals surface area (Å²) >= 11 is 7.73. The van der Waals surface area contributed by atoms with E-state index in [4.69, 9.17) is 16.6 Å². The van der Waals surface area contributed by atoms with Crippen LogP contribution in [0.5, 0.6) is 0 Å². The highest BCUT2D eigenvalue weighted by molar-refractivity contribution is 7.22. The van der Waals surface area contributed by atoms with Crippen molar-refractivity contribution in [1.29, 1.82) is 0 Å². The molecule has 1 aliphatic rings. The lowest BCUT2D eigenvalue weighted by molar-refractivity contribution is 0.0747. The lowest BCUT2D eigenvalue weighted by Gasteiger charge is -2.34. The summed E-state index contributed by atoms with van der Waals surface area (Å²) in [6.07, 6.45) is 0. The summed E-state index contributed by atoms with van der Waals surface area (Å²) in [6, 6.07) is 8.17. The number of fused-ring (bicyclic) bond motifs is 1. The van der Waals surface area contributed by atoms with Crippen LogP contribution in [0.4, 0.5) is 9.52 Å². The van der Waals surface area contributed by atoms with E-state index in [2.05, 4.69) is 30.9 Å². The molecule has 4 nitrogen and oxygen atoms in total. The Hall–Kier alpha value is -2.18. The van der Waals surface area contributed by atoms with Crippen molar-refractivity contribution < 1.29 is 9.18 Å². The summed E-state index contributed by atoms with van der Waals surface area (Å²) < 4.78 is 14.4. The molecule has 1 aliphatic heterocycles. The van der Waals surface area contributed by atoms with Crippen LogP contribution in [-0.2, 0) is 0 Å². The average molecular weight is 404 g/mol. The molecule has 0 radical (unpaired) electrons. The number of thiazole rings is 1. The zero-order valence-electron chi connectivity index (χ0n) is 15.1. The molecule has 1 fully saturated rings. The first-order chi connectivity index (χ1) is 12.9. The number of hydrogen-bond acceptors (Lipinski definition) is 4. The van der Waals surface area contributed by atoms with Crippen LogP contribution in [-0.4, -0.2) is 42.0 Å². The molecule has 2 aromatic carbocycles. The van der Waals surface area contributed by atoms with Gasteiger partial charge in [0.05, 0.1) is 20.8 Å². The minimum atomic E-state index is -0.442. The van der Waals surface area contributed by atoms with E-state index in [1.165, 1.54) is 34.0 Å². The highest BCUT2D eigenvalue weighted by Crippen LogP contribution is 2.32. The van der Waals surface area contributed by atoms with Gasteiger partial charge in [-0.05, 0) is 49.2 Å². The van der Waals surface area contributed by atoms with Crippen LogP contribution in [0.2, 0.25) is 5.02 Å². The van der Waals surface area contributed by atoms with E-state index >= 15 is 0 Å². The van der Waals surface area contributed by atoms with E-state index in [0.717, 1.165) is 10.6 Å². The van der Waals surface area contributed by atoms with E-state index < -0.39 is 5.82 Å². The number of carbonyl (C=O) groups is 1. The van der Waals surface area contributed by atoms with E-state index in [1.54, 1.807) is 16.2 Å². The van der Waals surface area contributed by atoms with Crippen molar-refractivity contribution in [3.63, 3.8) is 0 Å². The largest absolute Gasteiger partial charge is 0.345 e. The number of hydrogen-bond donors (Lipinski definition) is 0. The molecular formula is C20H19ClFN3OS.